The van der Waals surface area contributed by atoms with Crippen LogP contribution in [-0.4, -0.2) is 5.78 Å². The molecule has 0 atom stereocenters. The van der Waals surface area contributed by atoms with Crippen LogP contribution in [0.15, 0.2) is 48.5 Å². The largest absolute Gasteiger partial charge is 0.416 e. The first-order valence-electron chi connectivity index (χ1n) is 5.98. The standard InChI is InChI=1S/C15H8F6O/c16-14(17,18)11-6-10(7-12(8-11)15(19,20)21)13(22)9-4-2-1-3-5-9/h1-8H. The van der Waals surface area contributed by atoms with Crippen molar-refractivity contribution < 1.29 is 31.1 Å². The summed E-state index contributed by atoms with van der Waals surface area (Å²) >= 11 is 0. The number of halogens is 6. The lowest BCUT2D eigenvalue weighted by Crippen LogP contribution is -2.13. The maximum absolute atomic E-state index is 12.7. The normalized spacial score (nSPS) is 12.3. The summed E-state index contributed by atoms with van der Waals surface area (Å²) in [7, 11) is 0. The highest BCUT2D eigenvalue weighted by Gasteiger charge is 2.37. The van der Waals surface area contributed by atoms with Crippen LogP contribution in [0, 0.1) is 0 Å². The predicted octanol–water partition coefficient (Wildman–Crippen LogP) is 4.96. The molecule has 0 aliphatic carbocycles. The van der Waals surface area contributed by atoms with Gasteiger partial charge in [0.05, 0.1) is 11.1 Å². The summed E-state index contributed by atoms with van der Waals surface area (Å²) in [6.45, 7) is 0. The third kappa shape index (κ3) is 3.47. The molecule has 0 aromatic heterocycles. The second-order valence-corrected chi connectivity index (χ2v) is 4.49. The molecular formula is C15H8F6O. The molecule has 0 aliphatic heterocycles. The Morgan fingerprint density at radius 2 is 1.14 bits per heavy atom. The van der Waals surface area contributed by atoms with E-state index < -0.39 is 34.8 Å². The van der Waals surface area contributed by atoms with Crippen LogP contribution in [0.25, 0.3) is 0 Å². The zero-order valence-corrected chi connectivity index (χ0v) is 10.8. The van der Waals surface area contributed by atoms with E-state index in [-0.39, 0.29) is 11.6 Å². The SMILES string of the molecule is O=C(c1ccccc1)c1cc(C(F)(F)F)cc(C(F)(F)F)c1. The van der Waals surface area contributed by atoms with E-state index in [1.807, 2.05) is 0 Å². The van der Waals surface area contributed by atoms with Gasteiger partial charge in [0.2, 0.25) is 0 Å². The molecule has 0 spiro atoms. The molecule has 2 rings (SSSR count). The maximum atomic E-state index is 12.7. The van der Waals surface area contributed by atoms with Crippen molar-refractivity contribution in [2.75, 3.05) is 0 Å². The summed E-state index contributed by atoms with van der Waals surface area (Å²) in [5.74, 6) is -0.905. The Morgan fingerprint density at radius 1 is 0.682 bits per heavy atom. The number of carbonyl (C=O) groups excluding carboxylic acids is 1. The van der Waals surface area contributed by atoms with Crippen LogP contribution in [0.3, 0.4) is 0 Å². The van der Waals surface area contributed by atoms with Gasteiger partial charge in [-0.2, -0.15) is 26.3 Å². The van der Waals surface area contributed by atoms with Crippen LogP contribution in [0.2, 0.25) is 0 Å². The molecule has 2 aromatic carbocycles. The Hall–Kier alpha value is -2.31. The van der Waals surface area contributed by atoms with Gasteiger partial charge in [0.15, 0.2) is 5.78 Å². The lowest BCUT2D eigenvalue weighted by atomic mass is 9.98. The Labute approximate surface area is 121 Å². The van der Waals surface area contributed by atoms with Gasteiger partial charge in [-0.25, -0.2) is 0 Å². The zero-order valence-electron chi connectivity index (χ0n) is 10.8. The molecular weight excluding hydrogens is 310 g/mol. The number of carbonyl (C=O) groups is 1. The number of ketones is 1. The molecule has 7 heteroatoms. The van der Waals surface area contributed by atoms with Gasteiger partial charge in [-0.15, -0.1) is 0 Å². The first kappa shape index (κ1) is 16.1. The monoisotopic (exact) mass is 318 g/mol. The minimum atomic E-state index is -4.98. The van der Waals surface area contributed by atoms with Gasteiger partial charge in [-0.1, -0.05) is 30.3 Å². The van der Waals surface area contributed by atoms with Gasteiger partial charge in [-0.05, 0) is 18.2 Å². The van der Waals surface area contributed by atoms with Crippen molar-refractivity contribution in [2.45, 2.75) is 12.4 Å². The Kier molecular flexibility index (Phi) is 4.00. The van der Waals surface area contributed by atoms with Crippen molar-refractivity contribution in [3.05, 3.63) is 70.8 Å². The van der Waals surface area contributed by atoms with E-state index in [0.717, 1.165) is 0 Å². The predicted molar refractivity (Wildman–Crippen MR) is 66.3 cm³/mol. The van der Waals surface area contributed by atoms with E-state index in [4.69, 9.17) is 0 Å². The van der Waals surface area contributed by atoms with Crippen molar-refractivity contribution in [1.82, 2.24) is 0 Å². The molecule has 22 heavy (non-hydrogen) atoms. The Balaban J connectivity index is 2.58. The summed E-state index contributed by atoms with van der Waals surface area (Å²) in [5.41, 5.74) is -3.67. The van der Waals surface area contributed by atoms with Crippen LogP contribution in [0.5, 0.6) is 0 Å². The first-order chi connectivity index (χ1) is 10.1. The fourth-order valence-corrected chi connectivity index (χ4v) is 1.84. The molecule has 0 fully saturated rings. The fraction of sp³-hybridized carbons (Fsp3) is 0.133. The van der Waals surface area contributed by atoms with Crippen molar-refractivity contribution >= 4 is 5.78 Å². The van der Waals surface area contributed by atoms with Gasteiger partial charge < -0.3 is 0 Å². The third-order valence-corrected chi connectivity index (χ3v) is 2.89. The van der Waals surface area contributed by atoms with Gasteiger partial charge in [0.25, 0.3) is 0 Å². The van der Waals surface area contributed by atoms with Crippen LogP contribution >= 0.6 is 0 Å². The van der Waals surface area contributed by atoms with E-state index in [1.165, 1.54) is 24.3 Å². The second-order valence-electron chi connectivity index (χ2n) is 4.49. The van der Waals surface area contributed by atoms with Gasteiger partial charge in [0, 0.05) is 11.1 Å². The summed E-state index contributed by atoms with van der Waals surface area (Å²) < 4.78 is 76.3. The summed E-state index contributed by atoms with van der Waals surface area (Å²) in [5, 5.41) is 0. The molecule has 116 valence electrons. The average molecular weight is 318 g/mol. The van der Waals surface area contributed by atoms with Crippen molar-refractivity contribution in [3.63, 3.8) is 0 Å². The van der Waals surface area contributed by atoms with E-state index in [0.29, 0.717) is 12.1 Å². The average Bonchev–Trinajstić information content (AvgIpc) is 2.45. The van der Waals surface area contributed by atoms with E-state index >= 15 is 0 Å². The number of alkyl halides is 6. The Morgan fingerprint density at radius 3 is 1.55 bits per heavy atom. The number of rotatable bonds is 2. The smallest absolute Gasteiger partial charge is 0.289 e. The highest BCUT2D eigenvalue weighted by molar-refractivity contribution is 6.09. The van der Waals surface area contributed by atoms with Crippen molar-refractivity contribution in [2.24, 2.45) is 0 Å². The highest BCUT2D eigenvalue weighted by Crippen LogP contribution is 2.36. The molecule has 0 bridgehead atoms. The van der Waals surface area contributed by atoms with Crippen LogP contribution in [0.4, 0.5) is 26.3 Å². The van der Waals surface area contributed by atoms with Gasteiger partial charge in [0.1, 0.15) is 0 Å². The molecule has 0 unspecified atom stereocenters. The van der Waals surface area contributed by atoms with Gasteiger partial charge in [-0.3, -0.25) is 4.79 Å². The molecule has 0 amide bonds. The van der Waals surface area contributed by atoms with Crippen molar-refractivity contribution in [1.29, 1.82) is 0 Å². The minimum absolute atomic E-state index is 0.00921. The molecule has 0 radical (unpaired) electrons. The van der Waals surface area contributed by atoms with Crippen LogP contribution in [0.1, 0.15) is 27.0 Å². The quantitative estimate of drug-likeness (QED) is 0.565. The van der Waals surface area contributed by atoms with Crippen LogP contribution in [-0.2, 0) is 12.4 Å². The van der Waals surface area contributed by atoms with E-state index in [2.05, 4.69) is 0 Å². The highest BCUT2D eigenvalue weighted by atomic mass is 19.4. The minimum Gasteiger partial charge on any atom is -0.289 e. The lowest BCUT2D eigenvalue weighted by molar-refractivity contribution is -0.143. The summed E-state index contributed by atoms with van der Waals surface area (Å²) in [6.07, 6.45) is -9.96. The van der Waals surface area contributed by atoms with Gasteiger partial charge >= 0.3 is 12.4 Å². The molecule has 0 N–H and O–H groups in total. The zero-order chi connectivity index (χ0) is 16.5. The summed E-state index contributed by atoms with van der Waals surface area (Å²) in [4.78, 5) is 12.1. The molecule has 0 heterocycles. The molecule has 0 saturated heterocycles. The molecule has 1 nitrogen and oxygen atoms in total. The number of hydrogen-bond donors (Lipinski definition) is 0. The molecule has 0 saturated carbocycles. The lowest BCUT2D eigenvalue weighted by Gasteiger charge is -2.13. The van der Waals surface area contributed by atoms with E-state index in [1.54, 1.807) is 6.07 Å². The molecule has 0 aliphatic rings. The number of hydrogen-bond acceptors (Lipinski definition) is 1. The Bertz CT molecular complexity index is 653. The second kappa shape index (κ2) is 5.47. The van der Waals surface area contributed by atoms with E-state index in [9.17, 15) is 31.1 Å². The summed E-state index contributed by atoms with van der Waals surface area (Å²) in [6, 6.07) is 7.96. The third-order valence-electron chi connectivity index (χ3n) is 2.89. The fourth-order valence-electron chi connectivity index (χ4n) is 1.84. The first-order valence-corrected chi connectivity index (χ1v) is 5.98. The van der Waals surface area contributed by atoms with Crippen LogP contribution < -0.4 is 0 Å². The number of benzene rings is 2. The topological polar surface area (TPSA) is 17.1 Å². The molecule has 2 aromatic rings. The van der Waals surface area contributed by atoms with Crippen molar-refractivity contribution in [3.8, 4) is 0 Å². The maximum Gasteiger partial charge on any atom is 0.416 e.